The van der Waals surface area contributed by atoms with Crippen LogP contribution in [0.25, 0.3) is 0 Å². The molecule has 0 aliphatic rings. The molecular formula is C66H110O6. The van der Waals surface area contributed by atoms with Crippen LogP contribution in [-0.4, -0.2) is 37.2 Å². The van der Waals surface area contributed by atoms with E-state index in [9.17, 15) is 14.4 Å². The van der Waals surface area contributed by atoms with Gasteiger partial charge in [0.15, 0.2) is 6.10 Å². The van der Waals surface area contributed by atoms with E-state index >= 15 is 0 Å². The Morgan fingerprint density at radius 2 is 0.542 bits per heavy atom. The molecule has 0 aliphatic heterocycles. The highest BCUT2D eigenvalue weighted by atomic mass is 16.6. The minimum Gasteiger partial charge on any atom is -0.462 e. The minimum absolute atomic E-state index is 0.0904. The fourth-order valence-corrected chi connectivity index (χ4v) is 8.04. The maximum atomic E-state index is 12.8. The molecule has 72 heavy (non-hydrogen) atoms. The summed E-state index contributed by atoms with van der Waals surface area (Å²) in [6, 6.07) is 0. The third-order valence-corrected chi connectivity index (χ3v) is 12.5. The van der Waals surface area contributed by atoms with Crippen LogP contribution in [0, 0.1) is 0 Å². The van der Waals surface area contributed by atoms with Crippen molar-refractivity contribution in [2.24, 2.45) is 0 Å². The number of unbranched alkanes of at least 4 members (excludes halogenated alkanes) is 24. The number of allylic oxidation sites excluding steroid dienone is 18. The van der Waals surface area contributed by atoms with E-state index < -0.39 is 6.10 Å². The van der Waals surface area contributed by atoms with Crippen LogP contribution < -0.4 is 0 Å². The molecule has 0 bridgehead atoms. The third kappa shape index (κ3) is 57.0. The van der Waals surface area contributed by atoms with Gasteiger partial charge in [-0.05, 0) is 109 Å². The van der Waals surface area contributed by atoms with Crippen molar-refractivity contribution in [3.63, 3.8) is 0 Å². The lowest BCUT2D eigenvalue weighted by Crippen LogP contribution is -2.30. The van der Waals surface area contributed by atoms with Crippen LogP contribution in [0.5, 0.6) is 0 Å². The Hall–Kier alpha value is -3.93. The summed E-state index contributed by atoms with van der Waals surface area (Å²) >= 11 is 0. The zero-order valence-corrected chi connectivity index (χ0v) is 46.9. The van der Waals surface area contributed by atoms with E-state index in [-0.39, 0.29) is 31.1 Å². The highest BCUT2D eigenvalue weighted by Crippen LogP contribution is 2.15. The highest BCUT2D eigenvalue weighted by molar-refractivity contribution is 5.71. The molecule has 0 aromatic carbocycles. The summed E-state index contributed by atoms with van der Waals surface area (Å²) in [6.45, 7) is 6.43. The fraction of sp³-hybridized carbons (Fsp3) is 0.682. The lowest BCUT2D eigenvalue weighted by atomic mass is 10.0. The predicted molar refractivity (Wildman–Crippen MR) is 311 cm³/mol. The Bertz CT molecular complexity index is 1470. The summed E-state index contributed by atoms with van der Waals surface area (Å²) in [6.07, 6.45) is 81.2. The number of hydrogen-bond acceptors (Lipinski definition) is 6. The smallest absolute Gasteiger partial charge is 0.306 e. The number of carbonyl (C=O) groups excluding carboxylic acids is 3. The van der Waals surface area contributed by atoms with Gasteiger partial charge in [-0.15, -0.1) is 0 Å². The van der Waals surface area contributed by atoms with Gasteiger partial charge in [-0.25, -0.2) is 0 Å². The average Bonchev–Trinajstić information content (AvgIpc) is 3.38. The monoisotopic (exact) mass is 999 g/mol. The van der Waals surface area contributed by atoms with Crippen molar-refractivity contribution in [2.45, 2.75) is 277 Å². The Labute approximate surface area is 444 Å². The van der Waals surface area contributed by atoms with Crippen molar-refractivity contribution < 1.29 is 28.6 Å². The van der Waals surface area contributed by atoms with Crippen molar-refractivity contribution in [3.05, 3.63) is 109 Å². The maximum Gasteiger partial charge on any atom is 0.306 e. The van der Waals surface area contributed by atoms with Crippen LogP contribution in [-0.2, 0) is 28.6 Å². The number of ether oxygens (including phenoxy) is 3. The minimum atomic E-state index is -0.792. The van der Waals surface area contributed by atoms with E-state index in [1.165, 1.54) is 116 Å². The SMILES string of the molecule is CC/C=C\C/C=C\C/C=C\C/C=C\C/C=C\C/C=C\C/C=C\CCCCCC(=O)OCC(COC(=O)CCCCCCCC)OC(=O)CCCCCCCCCCCCC/C=C\C/C=C\CCCCCCC. The average molecular weight is 1000 g/mol. The summed E-state index contributed by atoms with van der Waals surface area (Å²) in [5.41, 5.74) is 0. The van der Waals surface area contributed by atoms with Crippen LogP contribution in [0.3, 0.4) is 0 Å². The largest absolute Gasteiger partial charge is 0.462 e. The van der Waals surface area contributed by atoms with E-state index in [1.54, 1.807) is 0 Å². The Kier molecular flexibility index (Phi) is 56.4. The zero-order chi connectivity index (χ0) is 52.2. The van der Waals surface area contributed by atoms with Gasteiger partial charge in [-0.2, -0.15) is 0 Å². The van der Waals surface area contributed by atoms with E-state index in [0.29, 0.717) is 19.3 Å². The van der Waals surface area contributed by atoms with Gasteiger partial charge in [0.05, 0.1) is 0 Å². The molecule has 1 atom stereocenters. The maximum absolute atomic E-state index is 12.8. The molecule has 0 N–H and O–H groups in total. The van der Waals surface area contributed by atoms with Crippen molar-refractivity contribution in [3.8, 4) is 0 Å². The Balaban J connectivity index is 4.22. The van der Waals surface area contributed by atoms with Crippen LogP contribution >= 0.6 is 0 Å². The molecule has 0 saturated carbocycles. The summed E-state index contributed by atoms with van der Waals surface area (Å²) in [5, 5.41) is 0. The molecule has 0 heterocycles. The molecule has 6 nitrogen and oxygen atoms in total. The van der Waals surface area contributed by atoms with Crippen LogP contribution in [0.2, 0.25) is 0 Å². The third-order valence-electron chi connectivity index (χ3n) is 12.5. The van der Waals surface area contributed by atoms with Crippen molar-refractivity contribution in [2.75, 3.05) is 13.2 Å². The van der Waals surface area contributed by atoms with E-state index in [0.717, 1.165) is 116 Å². The predicted octanol–water partition coefficient (Wildman–Crippen LogP) is 20.3. The topological polar surface area (TPSA) is 78.9 Å². The first kappa shape index (κ1) is 68.1. The number of rotatable bonds is 53. The van der Waals surface area contributed by atoms with Crippen LogP contribution in [0.4, 0.5) is 0 Å². The van der Waals surface area contributed by atoms with E-state index in [2.05, 4.69) is 130 Å². The second kappa shape index (κ2) is 59.6. The van der Waals surface area contributed by atoms with Gasteiger partial charge in [-0.1, -0.05) is 252 Å². The summed E-state index contributed by atoms with van der Waals surface area (Å²) in [7, 11) is 0. The molecule has 0 amide bonds. The summed E-state index contributed by atoms with van der Waals surface area (Å²) in [5.74, 6) is -0.935. The molecule has 0 radical (unpaired) electrons. The molecule has 6 heteroatoms. The number of hydrogen-bond donors (Lipinski definition) is 0. The molecule has 0 aromatic heterocycles. The lowest BCUT2D eigenvalue weighted by molar-refractivity contribution is -0.167. The van der Waals surface area contributed by atoms with Crippen LogP contribution in [0.15, 0.2) is 109 Å². The zero-order valence-electron chi connectivity index (χ0n) is 46.9. The van der Waals surface area contributed by atoms with Crippen LogP contribution in [0.1, 0.15) is 271 Å². The molecule has 0 rings (SSSR count). The highest BCUT2D eigenvalue weighted by Gasteiger charge is 2.19. The Morgan fingerprint density at radius 3 is 0.861 bits per heavy atom. The fourth-order valence-electron chi connectivity index (χ4n) is 8.04. The number of carbonyl (C=O) groups is 3. The summed E-state index contributed by atoms with van der Waals surface area (Å²) < 4.78 is 16.7. The molecule has 0 aromatic rings. The van der Waals surface area contributed by atoms with Crippen molar-refractivity contribution in [1.82, 2.24) is 0 Å². The first-order valence-electron chi connectivity index (χ1n) is 29.9. The standard InChI is InChI=1S/C66H110O6/c1-4-7-10-13-16-18-20-22-24-26-28-30-32-33-35-36-38-40-42-44-46-48-50-53-56-59-65(68)71-62-63(61-70-64(67)58-55-52-15-12-9-6-3)72-66(69)60-57-54-51-49-47-45-43-41-39-37-34-31-29-27-25-23-21-19-17-14-11-8-5-2/h7,10,16,18,21-24,27-30,33,35,38,40,44,46,63H,4-6,8-9,11-15,17,19-20,25-26,31-32,34,36-37,39,41-43,45,47-62H2,1-3H3/b10-7-,18-16-,23-21-,24-22-,29-27-,30-28-,35-33-,40-38-,46-44-. The Morgan fingerprint density at radius 1 is 0.292 bits per heavy atom. The molecule has 0 spiro atoms. The van der Waals surface area contributed by atoms with E-state index in [1.807, 2.05) is 0 Å². The van der Waals surface area contributed by atoms with Gasteiger partial charge in [0.25, 0.3) is 0 Å². The van der Waals surface area contributed by atoms with Crippen molar-refractivity contribution >= 4 is 17.9 Å². The normalized spacial score (nSPS) is 12.9. The molecule has 0 saturated heterocycles. The van der Waals surface area contributed by atoms with Gasteiger partial charge in [-0.3, -0.25) is 14.4 Å². The van der Waals surface area contributed by atoms with Crippen molar-refractivity contribution in [1.29, 1.82) is 0 Å². The first-order chi connectivity index (χ1) is 35.5. The molecule has 0 aliphatic carbocycles. The molecule has 0 fully saturated rings. The van der Waals surface area contributed by atoms with Gasteiger partial charge >= 0.3 is 17.9 Å². The van der Waals surface area contributed by atoms with Gasteiger partial charge in [0.1, 0.15) is 13.2 Å². The van der Waals surface area contributed by atoms with E-state index in [4.69, 9.17) is 14.2 Å². The van der Waals surface area contributed by atoms with Gasteiger partial charge in [0, 0.05) is 19.3 Å². The summed E-state index contributed by atoms with van der Waals surface area (Å²) in [4.78, 5) is 37.9. The second-order valence-electron chi connectivity index (χ2n) is 19.5. The lowest BCUT2D eigenvalue weighted by Gasteiger charge is -2.18. The number of esters is 3. The molecule has 410 valence electrons. The van der Waals surface area contributed by atoms with Gasteiger partial charge < -0.3 is 14.2 Å². The molecule has 1 unspecified atom stereocenters. The second-order valence-corrected chi connectivity index (χ2v) is 19.5. The quantitative estimate of drug-likeness (QED) is 0.0261. The van der Waals surface area contributed by atoms with Gasteiger partial charge in [0.2, 0.25) is 0 Å². The molecular weight excluding hydrogens is 889 g/mol. The first-order valence-corrected chi connectivity index (χ1v) is 29.9.